The van der Waals surface area contributed by atoms with Crippen molar-refractivity contribution < 1.29 is 9.59 Å². The second-order valence-electron chi connectivity index (χ2n) is 10.1. The number of carbonyl (C=O) groups is 2. The van der Waals surface area contributed by atoms with Crippen molar-refractivity contribution in [2.75, 3.05) is 10.6 Å². The highest BCUT2D eigenvalue weighted by molar-refractivity contribution is 6.04. The number of nitrogens with one attached hydrogen (secondary N) is 2. The zero-order valence-electron chi connectivity index (χ0n) is 21.3. The Hall–Kier alpha value is -4.97. The third-order valence-electron chi connectivity index (χ3n) is 7.12. The first kappa shape index (κ1) is 24.4. The van der Waals surface area contributed by atoms with E-state index in [0.717, 1.165) is 42.4 Å². The lowest BCUT2D eigenvalue weighted by Crippen LogP contribution is -2.14. The molecule has 3 heterocycles. The first-order chi connectivity index (χ1) is 18.9. The van der Waals surface area contributed by atoms with Crippen LogP contribution in [0.1, 0.15) is 47.3 Å². The first-order valence-electron chi connectivity index (χ1n) is 12.8. The van der Waals surface area contributed by atoms with Gasteiger partial charge in [-0.15, -0.1) is 0 Å². The average Bonchev–Trinajstić information content (AvgIpc) is 3.89. The molecule has 0 spiro atoms. The highest BCUT2D eigenvalue weighted by atomic mass is 16.2. The quantitative estimate of drug-likeness (QED) is 0.351. The first-order valence-corrected chi connectivity index (χ1v) is 12.8. The number of amides is 2. The lowest BCUT2D eigenvalue weighted by atomic mass is 10.0. The second kappa shape index (κ2) is 9.72. The summed E-state index contributed by atoms with van der Waals surface area (Å²) in [6.07, 6.45) is 8.27. The van der Waals surface area contributed by atoms with Gasteiger partial charge in [-0.1, -0.05) is 6.07 Å². The lowest BCUT2D eigenvalue weighted by molar-refractivity contribution is -0.117. The lowest BCUT2D eigenvalue weighted by Gasteiger charge is -2.12. The van der Waals surface area contributed by atoms with Crippen molar-refractivity contribution in [3.8, 4) is 28.7 Å². The molecule has 9 nitrogen and oxygen atoms in total. The Morgan fingerprint density at radius 3 is 2.51 bits per heavy atom. The molecule has 3 aromatic heterocycles. The summed E-state index contributed by atoms with van der Waals surface area (Å²) in [6.45, 7) is 1.96. The second-order valence-corrected chi connectivity index (χ2v) is 10.1. The number of aryl methyl sites for hydroxylation is 1. The van der Waals surface area contributed by atoms with Crippen LogP contribution in [0.2, 0.25) is 0 Å². The number of hydrogen-bond donors (Lipinski definition) is 2. The molecular formula is C30H25N7O2. The summed E-state index contributed by atoms with van der Waals surface area (Å²) in [5, 5.41) is 15.3. The molecule has 2 aliphatic carbocycles. The van der Waals surface area contributed by atoms with Crippen molar-refractivity contribution in [1.29, 1.82) is 5.26 Å². The number of carbonyl (C=O) groups excluding carboxylic acids is 2. The van der Waals surface area contributed by atoms with Crippen LogP contribution in [0.25, 0.3) is 22.6 Å². The van der Waals surface area contributed by atoms with E-state index in [1.807, 2.05) is 31.2 Å². The van der Waals surface area contributed by atoms with Crippen molar-refractivity contribution in [3.05, 3.63) is 83.9 Å². The normalized spacial score (nSPS) is 15.2. The Bertz CT molecular complexity index is 1650. The molecule has 2 aliphatic rings. The van der Waals surface area contributed by atoms with E-state index in [9.17, 15) is 14.9 Å². The fraction of sp³-hybridized carbons (Fsp3) is 0.233. The molecule has 2 amide bonds. The molecule has 2 fully saturated rings. The molecule has 0 unspecified atom stereocenters. The zero-order valence-corrected chi connectivity index (χ0v) is 21.3. The van der Waals surface area contributed by atoms with Crippen LogP contribution in [0.15, 0.2) is 67.1 Å². The van der Waals surface area contributed by atoms with E-state index in [-0.39, 0.29) is 17.7 Å². The molecule has 192 valence electrons. The maximum atomic E-state index is 13.0. The van der Waals surface area contributed by atoms with Crippen LogP contribution >= 0.6 is 0 Å². The van der Waals surface area contributed by atoms with Crippen LogP contribution in [0.3, 0.4) is 0 Å². The maximum Gasteiger partial charge on any atom is 0.255 e. The van der Waals surface area contributed by atoms with Gasteiger partial charge in [-0.05, 0) is 80.6 Å². The summed E-state index contributed by atoms with van der Waals surface area (Å²) < 4.78 is 0. The fourth-order valence-corrected chi connectivity index (χ4v) is 4.41. The molecule has 0 radical (unpaired) electrons. The predicted octanol–water partition coefficient (Wildman–Crippen LogP) is 5.07. The van der Waals surface area contributed by atoms with Crippen molar-refractivity contribution in [3.63, 3.8) is 0 Å². The Balaban J connectivity index is 1.23. The van der Waals surface area contributed by atoms with Gasteiger partial charge < -0.3 is 10.6 Å². The van der Waals surface area contributed by atoms with Gasteiger partial charge in [-0.2, -0.15) is 5.26 Å². The van der Waals surface area contributed by atoms with Gasteiger partial charge in [-0.25, -0.2) is 15.0 Å². The van der Waals surface area contributed by atoms with E-state index in [2.05, 4.69) is 31.7 Å². The molecule has 0 atom stereocenters. The summed E-state index contributed by atoms with van der Waals surface area (Å²) in [6, 6.07) is 16.7. The van der Waals surface area contributed by atoms with Gasteiger partial charge >= 0.3 is 0 Å². The summed E-state index contributed by atoms with van der Waals surface area (Å²) in [5.74, 6) is 0.807. The zero-order chi connectivity index (χ0) is 27.0. The fourth-order valence-electron chi connectivity index (χ4n) is 4.41. The summed E-state index contributed by atoms with van der Waals surface area (Å²) in [4.78, 5) is 43.0. The number of hydrogen-bond acceptors (Lipinski definition) is 7. The van der Waals surface area contributed by atoms with Crippen molar-refractivity contribution in [2.45, 2.75) is 38.0 Å². The number of aromatic nitrogens is 4. The van der Waals surface area contributed by atoms with Crippen molar-refractivity contribution in [2.24, 2.45) is 5.92 Å². The molecule has 2 saturated carbocycles. The van der Waals surface area contributed by atoms with Crippen LogP contribution in [0.5, 0.6) is 0 Å². The highest BCUT2D eigenvalue weighted by Crippen LogP contribution is 2.46. The molecule has 39 heavy (non-hydrogen) atoms. The largest absolute Gasteiger partial charge is 0.322 e. The Kier molecular flexibility index (Phi) is 6.08. The Morgan fingerprint density at radius 1 is 0.949 bits per heavy atom. The van der Waals surface area contributed by atoms with Gasteiger partial charge in [0.25, 0.3) is 5.91 Å². The molecular weight excluding hydrogens is 490 g/mol. The van der Waals surface area contributed by atoms with Crippen molar-refractivity contribution >= 4 is 23.3 Å². The number of nitriles is 1. The third kappa shape index (κ3) is 5.09. The minimum absolute atomic E-state index is 0.00221. The monoisotopic (exact) mass is 515 g/mol. The number of benzene rings is 1. The minimum atomic E-state index is -0.561. The van der Waals surface area contributed by atoms with Crippen LogP contribution in [0.4, 0.5) is 11.5 Å². The molecule has 9 heteroatoms. The Morgan fingerprint density at radius 2 is 1.74 bits per heavy atom. The van der Waals surface area contributed by atoms with Crippen LogP contribution < -0.4 is 10.6 Å². The van der Waals surface area contributed by atoms with Gasteiger partial charge in [0.1, 0.15) is 5.82 Å². The molecule has 1 aromatic carbocycles. The molecule has 0 bridgehead atoms. The van der Waals surface area contributed by atoms with E-state index >= 15 is 0 Å². The van der Waals surface area contributed by atoms with Crippen LogP contribution in [-0.4, -0.2) is 31.8 Å². The SMILES string of the molecule is Cc1ccc(NC(=O)c2ccnc(C3(C#N)CC3)c2)cc1-c1nccc(-c2ccnc(NC(=O)C3CC3)c2)n1. The number of nitrogens with zero attached hydrogens (tertiary/aromatic N) is 5. The van der Waals surface area contributed by atoms with Gasteiger partial charge in [0, 0.05) is 46.9 Å². The van der Waals surface area contributed by atoms with E-state index in [1.165, 1.54) is 0 Å². The van der Waals surface area contributed by atoms with Crippen molar-refractivity contribution in [1.82, 2.24) is 19.9 Å². The summed E-state index contributed by atoms with van der Waals surface area (Å²) >= 11 is 0. The van der Waals surface area contributed by atoms with Gasteiger partial charge in [0.15, 0.2) is 5.82 Å². The number of pyridine rings is 2. The molecule has 0 saturated heterocycles. The van der Waals surface area contributed by atoms with Crippen LogP contribution in [0, 0.1) is 24.2 Å². The standard InChI is InChI=1S/C30H25N7O2/c1-18-2-5-22(35-29(39)21-7-11-32-25(14-21)30(17-31)9-10-30)16-23(18)27-34-13-8-24(36-27)20-6-12-33-26(15-20)37-28(38)19-3-4-19/h2,5-8,11-16,19H,3-4,9-10H2,1H3,(H,35,39)(H,33,37,38). The topological polar surface area (TPSA) is 134 Å². The molecule has 0 aliphatic heterocycles. The maximum absolute atomic E-state index is 13.0. The van der Waals surface area contributed by atoms with E-state index < -0.39 is 5.41 Å². The van der Waals surface area contributed by atoms with Gasteiger partial charge in [-0.3, -0.25) is 14.6 Å². The van der Waals surface area contributed by atoms with Gasteiger partial charge in [0.05, 0.1) is 22.9 Å². The summed E-state index contributed by atoms with van der Waals surface area (Å²) in [7, 11) is 0. The van der Waals surface area contributed by atoms with Crippen LogP contribution in [-0.2, 0) is 10.2 Å². The molecule has 2 N–H and O–H groups in total. The Labute approximate surface area is 225 Å². The van der Waals surface area contributed by atoms with E-state index in [1.54, 1.807) is 42.9 Å². The van der Waals surface area contributed by atoms with E-state index in [4.69, 9.17) is 4.98 Å². The highest BCUT2D eigenvalue weighted by Gasteiger charge is 2.46. The summed E-state index contributed by atoms with van der Waals surface area (Å²) in [5.41, 5.74) is 4.35. The molecule has 6 rings (SSSR count). The predicted molar refractivity (Wildman–Crippen MR) is 146 cm³/mol. The van der Waals surface area contributed by atoms with Gasteiger partial charge in [0.2, 0.25) is 5.91 Å². The minimum Gasteiger partial charge on any atom is -0.322 e. The smallest absolute Gasteiger partial charge is 0.255 e. The number of rotatable bonds is 7. The third-order valence-corrected chi connectivity index (χ3v) is 7.12. The average molecular weight is 516 g/mol. The van der Waals surface area contributed by atoms with E-state index in [0.29, 0.717) is 34.3 Å². The molecule has 4 aromatic rings. The number of anilines is 2.